The molecule has 3 rings (SSSR count). The summed E-state index contributed by atoms with van der Waals surface area (Å²) in [6, 6.07) is 7.93. The zero-order valence-electron chi connectivity index (χ0n) is 14.0. The fourth-order valence-corrected chi connectivity index (χ4v) is 3.65. The van der Waals surface area contributed by atoms with Crippen LogP contribution >= 0.6 is 11.6 Å². The van der Waals surface area contributed by atoms with Gasteiger partial charge in [0.2, 0.25) is 5.91 Å². The smallest absolute Gasteiger partial charge is 0.223 e. The van der Waals surface area contributed by atoms with Gasteiger partial charge in [0, 0.05) is 31.0 Å². The number of carbonyl (C=O) groups is 1. The second-order valence-electron chi connectivity index (χ2n) is 6.22. The molecule has 1 heterocycles. The topological polar surface area (TPSA) is 46.3 Å². The number of nitrogens with zero attached hydrogens (tertiary/aromatic N) is 2. The van der Waals surface area contributed by atoms with Crippen LogP contribution in [-0.4, -0.2) is 28.4 Å². The van der Waals surface area contributed by atoms with Gasteiger partial charge in [0.1, 0.15) is 0 Å². The third kappa shape index (κ3) is 3.81. The van der Waals surface area contributed by atoms with Crippen LogP contribution in [-0.2, 0) is 11.2 Å². The van der Waals surface area contributed by atoms with Crippen LogP contribution in [0.3, 0.4) is 0 Å². The Balaban J connectivity index is 1.61. The lowest BCUT2D eigenvalue weighted by Crippen LogP contribution is -2.38. The summed E-state index contributed by atoms with van der Waals surface area (Å²) in [6.45, 7) is 2.83. The molecule has 0 atom stereocenters. The van der Waals surface area contributed by atoms with Crippen molar-refractivity contribution in [2.24, 2.45) is 0 Å². The van der Waals surface area contributed by atoms with Gasteiger partial charge in [-0.25, -0.2) is 4.98 Å². The molecule has 0 spiro atoms. The Morgan fingerprint density at radius 1 is 1.33 bits per heavy atom. The van der Waals surface area contributed by atoms with Crippen LogP contribution in [0.1, 0.15) is 44.9 Å². The molecule has 1 aromatic heterocycles. The molecular formula is C19H23ClN2O2. The van der Waals surface area contributed by atoms with Gasteiger partial charge in [-0.15, -0.1) is 0 Å². The van der Waals surface area contributed by atoms with Crippen LogP contribution < -0.4 is 0 Å². The standard InChI is InChI=1S/C19H23ClN2O2/c1-2-22(14-7-3-4-8-14)19(23)12-11-18-21-13-17(24-18)15-9-5-6-10-16(15)20/h5-6,9-10,13-14H,2-4,7-8,11-12H2,1H3. The van der Waals surface area contributed by atoms with Crippen molar-refractivity contribution in [3.63, 3.8) is 0 Å². The maximum atomic E-state index is 12.5. The van der Waals surface area contributed by atoms with E-state index in [1.54, 1.807) is 6.20 Å². The summed E-state index contributed by atoms with van der Waals surface area (Å²) in [6.07, 6.45) is 7.37. The molecule has 4 nitrogen and oxygen atoms in total. The molecule has 1 aromatic carbocycles. The van der Waals surface area contributed by atoms with Gasteiger partial charge in [-0.05, 0) is 31.9 Å². The molecule has 128 valence electrons. The minimum absolute atomic E-state index is 0.196. The lowest BCUT2D eigenvalue weighted by molar-refractivity contribution is -0.133. The highest BCUT2D eigenvalue weighted by Gasteiger charge is 2.25. The quantitative estimate of drug-likeness (QED) is 0.760. The molecule has 0 unspecified atom stereocenters. The summed E-state index contributed by atoms with van der Waals surface area (Å²) < 4.78 is 5.77. The molecule has 1 saturated carbocycles. The molecule has 1 fully saturated rings. The van der Waals surface area contributed by atoms with Crippen LogP contribution in [0.15, 0.2) is 34.9 Å². The number of oxazole rings is 1. The van der Waals surface area contributed by atoms with Crippen LogP contribution in [0, 0.1) is 0 Å². The van der Waals surface area contributed by atoms with Crippen LogP contribution in [0.2, 0.25) is 5.02 Å². The van der Waals surface area contributed by atoms with Gasteiger partial charge < -0.3 is 9.32 Å². The summed E-state index contributed by atoms with van der Waals surface area (Å²) in [5.74, 6) is 1.42. The van der Waals surface area contributed by atoms with E-state index in [0.717, 1.165) is 24.9 Å². The number of aromatic nitrogens is 1. The fourth-order valence-electron chi connectivity index (χ4n) is 3.42. The molecule has 1 amide bonds. The van der Waals surface area contributed by atoms with E-state index >= 15 is 0 Å². The molecule has 0 bridgehead atoms. The zero-order chi connectivity index (χ0) is 16.9. The number of halogens is 1. The van der Waals surface area contributed by atoms with E-state index in [1.807, 2.05) is 29.2 Å². The van der Waals surface area contributed by atoms with Crippen molar-refractivity contribution in [3.8, 4) is 11.3 Å². The summed E-state index contributed by atoms with van der Waals surface area (Å²) in [5, 5.41) is 0.634. The number of carbonyl (C=O) groups excluding carboxylic acids is 1. The van der Waals surface area contributed by atoms with E-state index in [1.165, 1.54) is 12.8 Å². The van der Waals surface area contributed by atoms with E-state index < -0.39 is 0 Å². The fraction of sp³-hybridized carbons (Fsp3) is 0.474. The molecule has 1 aliphatic carbocycles. The Morgan fingerprint density at radius 3 is 2.79 bits per heavy atom. The molecular weight excluding hydrogens is 324 g/mol. The first-order valence-corrected chi connectivity index (χ1v) is 9.06. The average molecular weight is 347 g/mol. The number of aryl methyl sites for hydroxylation is 1. The molecule has 1 aliphatic rings. The SMILES string of the molecule is CCN(C(=O)CCc1ncc(-c2ccccc2Cl)o1)C1CCCC1. The van der Waals surface area contributed by atoms with Crippen molar-refractivity contribution in [2.75, 3.05) is 6.54 Å². The third-order valence-corrected chi connectivity index (χ3v) is 5.00. The minimum Gasteiger partial charge on any atom is -0.441 e. The summed E-state index contributed by atoms with van der Waals surface area (Å²) in [4.78, 5) is 18.8. The largest absolute Gasteiger partial charge is 0.441 e. The van der Waals surface area contributed by atoms with Gasteiger partial charge in [-0.2, -0.15) is 0 Å². The number of hydrogen-bond donors (Lipinski definition) is 0. The highest BCUT2D eigenvalue weighted by atomic mass is 35.5. The second kappa shape index (κ2) is 7.84. The Hall–Kier alpha value is -1.81. The van der Waals surface area contributed by atoms with Crippen LogP contribution in [0.25, 0.3) is 11.3 Å². The summed E-state index contributed by atoms with van der Waals surface area (Å²) >= 11 is 6.18. The monoisotopic (exact) mass is 346 g/mol. The highest BCUT2D eigenvalue weighted by Crippen LogP contribution is 2.28. The van der Waals surface area contributed by atoms with Gasteiger partial charge in [0.25, 0.3) is 0 Å². The molecule has 0 aliphatic heterocycles. The van der Waals surface area contributed by atoms with Crippen molar-refractivity contribution >= 4 is 17.5 Å². The maximum Gasteiger partial charge on any atom is 0.223 e. The van der Waals surface area contributed by atoms with Crippen molar-refractivity contribution in [3.05, 3.63) is 41.4 Å². The first kappa shape index (κ1) is 17.0. The molecule has 0 N–H and O–H groups in total. The van der Waals surface area contributed by atoms with Crippen molar-refractivity contribution in [2.45, 2.75) is 51.5 Å². The Labute approximate surface area is 147 Å². The number of rotatable bonds is 6. The number of hydrogen-bond acceptors (Lipinski definition) is 3. The molecule has 2 aromatic rings. The van der Waals surface area contributed by atoms with E-state index in [-0.39, 0.29) is 5.91 Å². The van der Waals surface area contributed by atoms with Gasteiger partial charge in [0.15, 0.2) is 11.7 Å². The van der Waals surface area contributed by atoms with Crippen molar-refractivity contribution < 1.29 is 9.21 Å². The highest BCUT2D eigenvalue weighted by molar-refractivity contribution is 6.33. The van der Waals surface area contributed by atoms with Crippen LogP contribution in [0.5, 0.6) is 0 Å². The lowest BCUT2D eigenvalue weighted by Gasteiger charge is -2.27. The predicted octanol–water partition coefficient (Wildman–Crippen LogP) is 4.72. The molecule has 0 radical (unpaired) electrons. The summed E-state index contributed by atoms with van der Waals surface area (Å²) in [7, 11) is 0. The number of benzene rings is 1. The third-order valence-electron chi connectivity index (χ3n) is 4.67. The summed E-state index contributed by atoms with van der Waals surface area (Å²) in [5.41, 5.74) is 0.824. The number of amides is 1. The Morgan fingerprint density at radius 2 is 2.08 bits per heavy atom. The van der Waals surface area contributed by atoms with E-state index in [9.17, 15) is 4.79 Å². The Bertz CT molecular complexity index is 692. The Kier molecular flexibility index (Phi) is 5.56. The van der Waals surface area contributed by atoms with E-state index in [0.29, 0.717) is 35.6 Å². The zero-order valence-corrected chi connectivity index (χ0v) is 14.8. The predicted molar refractivity (Wildman–Crippen MR) is 94.9 cm³/mol. The van der Waals surface area contributed by atoms with E-state index in [4.69, 9.17) is 16.0 Å². The lowest BCUT2D eigenvalue weighted by atomic mass is 10.2. The average Bonchev–Trinajstić information content (AvgIpc) is 3.26. The van der Waals surface area contributed by atoms with Crippen LogP contribution in [0.4, 0.5) is 0 Å². The normalized spacial score (nSPS) is 14.9. The van der Waals surface area contributed by atoms with Gasteiger partial charge in [-0.3, -0.25) is 4.79 Å². The van der Waals surface area contributed by atoms with Gasteiger partial charge >= 0.3 is 0 Å². The first-order chi connectivity index (χ1) is 11.7. The second-order valence-corrected chi connectivity index (χ2v) is 6.62. The molecule has 0 saturated heterocycles. The van der Waals surface area contributed by atoms with Crippen molar-refractivity contribution in [1.29, 1.82) is 0 Å². The van der Waals surface area contributed by atoms with Gasteiger partial charge in [0.05, 0.1) is 11.2 Å². The first-order valence-electron chi connectivity index (χ1n) is 8.68. The van der Waals surface area contributed by atoms with Gasteiger partial charge in [-0.1, -0.05) is 36.6 Å². The van der Waals surface area contributed by atoms with Crippen molar-refractivity contribution in [1.82, 2.24) is 9.88 Å². The van der Waals surface area contributed by atoms with E-state index in [2.05, 4.69) is 11.9 Å². The molecule has 24 heavy (non-hydrogen) atoms. The maximum absolute atomic E-state index is 12.5. The molecule has 5 heteroatoms. The minimum atomic E-state index is 0.196.